The second-order valence-electron chi connectivity index (χ2n) is 6.07. The number of aryl methyl sites for hydroxylation is 1. The first-order valence-electron chi connectivity index (χ1n) is 7.77. The Morgan fingerprint density at radius 2 is 1.74 bits per heavy atom. The highest BCUT2D eigenvalue weighted by molar-refractivity contribution is 6.19. The van der Waals surface area contributed by atoms with E-state index in [1.54, 1.807) is 13.0 Å². The maximum atomic E-state index is 14.6. The molecule has 23 heavy (non-hydrogen) atoms. The SMILES string of the molecule is C=C(C)N=C1C(C)=C(c2cccc(C)c2F)Cc2ccccc21. The zero-order valence-electron chi connectivity index (χ0n) is 13.8. The van der Waals surface area contributed by atoms with Gasteiger partial charge in [0.1, 0.15) is 5.82 Å². The Morgan fingerprint density at radius 3 is 2.48 bits per heavy atom. The molecular weight excluding hydrogens is 285 g/mol. The van der Waals surface area contributed by atoms with Crippen molar-refractivity contribution in [1.82, 2.24) is 0 Å². The zero-order chi connectivity index (χ0) is 16.6. The van der Waals surface area contributed by atoms with E-state index in [1.165, 1.54) is 5.56 Å². The standard InChI is InChI=1S/C21H20FN/c1-13(2)23-21-15(4)19(12-16-9-5-6-10-17(16)21)18-11-7-8-14(3)20(18)22/h5-11H,1,12H2,2-4H3. The highest BCUT2D eigenvalue weighted by Gasteiger charge is 2.24. The van der Waals surface area contributed by atoms with Gasteiger partial charge in [-0.3, -0.25) is 4.99 Å². The van der Waals surface area contributed by atoms with Crippen molar-refractivity contribution in [2.75, 3.05) is 0 Å². The van der Waals surface area contributed by atoms with Crippen LogP contribution in [0.5, 0.6) is 0 Å². The van der Waals surface area contributed by atoms with Crippen molar-refractivity contribution in [1.29, 1.82) is 0 Å². The van der Waals surface area contributed by atoms with Gasteiger partial charge in [0.05, 0.1) is 5.71 Å². The molecule has 0 bridgehead atoms. The molecule has 0 saturated heterocycles. The first kappa shape index (κ1) is 15.4. The smallest absolute Gasteiger partial charge is 0.133 e. The summed E-state index contributed by atoms with van der Waals surface area (Å²) in [5.74, 6) is -0.143. The Balaban J connectivity index is 2.26. The number of nitrogens with zero attached hydrogens (tertiary/aromatic N) is 1. The molecule has 0 heterocycles. The quantitative estimate of drug-likeness (QED) is 0.696. The summed E-state index contributed by atoms with van der Waals surface area (Å²) in [5, 5.41) is 0. The summed E-state index contributed by atoms with van der Waals surface area (Å²) in [6, 6.07) is 13.7. The van der Waals surface area contributed by atoms with E-state index in [-0.39, 0.29) is 5.82 Å². The third kappa shape index (κ3) is 2.77. The third-order valence-electron chi connectivity index (χ3n) is 4.27. The number of fused-ring (bicyclic) bond motifs is 1. The Hall–Kier alpha value is -2.48. The zero-order valence-corrected chi connectivity index (χ0v) is 13.8. The molecule has 3 rings (SSSR count). The first-order chi connectivity index (χ1) is 11.0. The van der Waals surface area contributed by atoms with Crippen LogP contribution in [0.4, 0.5) is 4.39 Å². The van der Waals surface area contributed by atoms with Gasteiger partial charge in [-0.1, -0.05) is 49.0 Å². The van der Waals surface area contributed by atoms with Crippen LogP contribution in [0.15, 0.2) is 65.3 Å². The van der Waals surface area contributed by atoms with E-state index in [1.807, 2.05) is 38.1 Å². The van der Waals surface area contributed by atoms with Gasteiger partial charge in [0.2, 0.25) is 0 Å². The highest BCUT2D eigenvalue weighted by atomic mass is 19.1. The molecule has 2 aromatic carbocycles. The van der Waals surface area contributed by atoms with Gasteiger partial charge in [-0.05, 0) is 49.5 Å². The van der Waals surface area contributed by atoms with E-state index in [9.17, 15) is 4.39 Å². The average Bonchev–Trinajstić information content (AvgIpc) is 2.52. The molecule has 0 N–H and O–H groups in total. The van der Waals surface area contributed by atoms with E-state index in [0.717, 1.165) is 34.5 Å². The molecule has 0 aromatic heterocycles. The van der Waals surface area contributed by atoms with Crippen LogP contribution in [0.2, 0.25) is 0 Å². The molecule has 1 aliphatic rings. The molecule has 0 unspecified atom stereocenters. The monoisotopic (exact) mass is 305 g/mol. The van der Waals surface area contributed by atoms with Crippen molar-refractivity contribution >= 4 is 11.3 Å². The number of benzene rings is 2. The minimum atomic E-state index is -0.143. The van der Waals surface area contributed by atoms with Crippen LogP contribution in [0, 0.1) is 12.7 Å². The molecule has 0 radical (unpaired) electrons. The number of aliphatic imine (C=N–C) groups is 1. The first-order valence-corrected chi connectivity index (χ1v) is 7.77. The topological polar surface area (TPSA) is 12.4 Å². The third-order valence-corrected chi connectivity index (χ3v) is 4.27. The fourth-order valence-electron chi connectivity index (χ4n) is 3.09. The number of hydrogen-bond acceptors (Lipinski definition) is 1. The van der Waals surface area contributed by atoms with E-state index in [0.29, 0.717) is 11.1 Å². The van der Waals surface area contributed by atoms with E-state index in [4.69, 9.17) is 0 Å². The van der Waals surface area contributed by atoms with Crippen LogP contribution in [-0.2, 0) is 6.42 Å². The van der Waals surface area contributed by atoms with Crippen LogP contribution in [0.3, 0.4) is 0 Å². The molecule has 0 aliphatic heterocycles. The molecule has 0 fully saturated rings. The fraction of sp³-hybridized carbons (Fsp3) is 0.190. The highest BCUT2D eigenvalue weighted by Crippen LogP contribution is 2.34. The van der Waals surface area contributed by atoms with Crippen LogP contribution in [-0.4, -0.2) is 5.71 Å². The Labute approximate surface area is 136 Å². The van der Waals surface area contributed by atoms with Crippen molar-refractivity contribution in [2.24, 2.45) is 4.99 Å². The summed E-state index contributed by atoms with van der Waals surface area (Å²) in [6.45, 7) is 9.60. The lowest BCUT2D eigenvalue weighted by molar-refractivity contribution is 0.614. The van der Waals surface area contributed by atoms with Crippen LogP contribution < -0.4 is 0 Å². The van der Waals surface area contributed by atoms with Gasteiger partial charge in [-0.2, -0.15) is 0 Å². The lowest BCUT2D eigenvalue weighted by Gasteiger charge is -2.24. The summed E-state index contributed by atoms with van der Waals surface area (Å²) in [5.41, 5.74) is 7.31. The number of halogens is 1. The van der Waals surface area contributed by atoms with Crippen molar-refractivity contribution in [3.63, 3.8) is 0 Å². The molecule has 0 spiro atoms. The summed E-state index contributed by atoms with van der Waals surface area (Å²) >= 11 is 0. The number of hydrogen-bond donors (Lipinski definition) is 0. The number of allylic oxidation sites excluding steroid dienone is 3. The Kier molecular flexibility index (Phi) is 3.99. The molecule has 2 heteroatoms. The summed E-state index contributed by atoms with van der Waals surface area (Å²) in [4.78, 5) is 4.63. The van der Waals surface area contributed by atoms with E-state index in [2.05, 4.69) is 23.7 Å². The summed E-state index contributed by atoms with van der Waals surface area (Å²) in [6.07, 6.45) is 0.720. The Morgan fingerprint density at radius 1 is 1.04 bits per heavy atom. The van der Waals surface area contributed by atoms with Crippen molar-refractivity contribution < 1.29 is 4.39 Å². The molecule has 1 nitrogen and oxygen atoms in total. The average molecular weight is 305 g/mol. The lowest BCUT2D eigenvalue weighted by Crippen LogP contribution is -2.16. The second kappa shape index (κ2) is 5.96. The van der Waals surface area contributed by atoms with Crippen LogP contribution >= 0.6 is 0 Å². The van der Waals surface area contributed by atoms with Gasteiger partial charge < -0.3 is 0 Å². The van der Waals surface area contributed by atoms with Gasteiger partial charge in [-0.15, -0.1) is 0 Å². The Bertz CT molecular complexity index is 856. The molecule has 2 aromatic rings. The molecule has 0 amide bonds. The van der Waals surface area contributed by atoms with Gasteiger partial charge in [0.15, 0.2) is 0 Å². The lowest BCUT2D eigenvalue weighted by atomic mass is 9.81. The van der Waals surface area contributed by atoms with E-state index < -0.39 is 0 Å². The molecule has 0 saturated carbocycles. The molecule has 0 atom stereocenters. The van der Waals surface area contributed by atoms with Gasteiger partial charge in [0, 0.05) is 16.8 Å². The summed E-state index contributed by atoms with van der Waals surface area (Å²) < 4.78 is 14.6. The van der Waals surface area contributed by atoms with E-state index >= 15 is 0 Å². The number of rotatable bonds is 2. The van der Waals surface area contributed by atoms with Crippen LogP contribution in [0.1, 0.15) is 36.1 Å². The maximum Gasteiger partial charge on any atom is 0.133 e. The molecule has 116 valence electrons. The minimum Gasteiger partial charge on any atom is -0.253 e. The van der Waals surface area contributed by atoms with Gasteiger partial charge in [0.25, 0.3) is 0 Å². The predicted molar refractivity (Wildman–Crippen MR) is 95.2 cm³/mol. The second-order valence-corrected chi connectivity index (χ2v) is 6.07. The predicted octanol–water partition coefficient (Wildman–Crippen LogP) is 5.49. The van der Waals surface area contributed by atoms with Crippen molar-refractivity contribution in [3.05, 3.63) is 88.4 Å². The van der Waals surface area contributed by atoms with Crippen LogP contribution in [0.25, 0.3) is 5.57 Å². The molecular formula is C21H20FN. The minimum absolute atomic E-state index is 0.143. The summed E-state index contributed by atoms with van der Waals surface area (Å²) in [7, 11) is 0. The van der Waals surface area contributed by atoms with Gasteiger partial charge in [-0.25, -0.2) is 4.39 Å². The van der Waals surface area contributed by atoms with Crippen molar-refractivity contribution in [3.8, 4) is 0 Å². The van der Waals surface area contributed by atoms with Gasteiger partial charge >= 0.3 is 0 Å². The fourth-order valence-corrected chi connectivity index (χ4v) is 3.09. The largest absolute Gasteiger partial charge is 0.253 e. The maximum absolute atomic E-state index is 14.6. The molecule has 1 aliphatic carbocycles. The normalized spacial score (nSPS) is 15.7. The van der Waals surface area contributed by atoms with Crippen molar-refractivity contribution in [2.45, 2.75) is 27.2 Å².